The highest BCUT2D eigenvalue weighted by Gasteiger charge is 2.40. The Balaban J connectivity index is 3.79. The smallest absolute Gasteiger partial charge is 0.333 e. The third kappa shape index (κ3) is 5.60. The number of aliphatic hydroxyl groups is 1. The normalized spacial score (nSPS) is 14.2. The third-order valence-electron chi connectivity index (χ3n) is 3.14. The first-order valence-corrected chi connectivity index (χ1v) is 6.65. The molecular formula is C13H25NO4. The molecule has 1 atom stereocenters. The standard InChI is InChI=1S/C13H25NO4/c1-2-3-4-5-6-7-8-9-11(16)13(14,10-15)12(17)18/h15H,2-10,14H2,1H3,(H,17,18)/t13-/m0/s1. The van der Waals surface area contributed by atoms with Crippen LogP contribution in [-0.2, 0) is 9.59 Å². The first kappa shape index (κ1) is 17.1. The minimum atomic E-state index is -2.12. The molecule has 0 rings (SSSR count). The number of carbonyl (C=O) groups excluding carboxylic acids is 1. The zero-order valence-corrected chi connectivity index (χ0v) is 11.2. The number of carboxylic acids is 1. The van der Waals surface area contributed by atoms with Gasteiger partial charge >= 0.3 is 5.97 Å². The second-order valence-electron chi connectivity index (χ2n) is 4.73. The summed E-state index contributed by atoms with van der Waals surface area (Å²) in [7, 11) is 0. The molecule has 0 aromatic carbocycles. The predicted octanol–water partition coefficient (Wildman–Crippen LogP) is 1.47. The van der Waals surface area contributed by atoms with E-state index in [1.54, 1.807) is 0 Å². The summed E-state index contributed by atoms with van der Waals surface area (Å²) in [4.78, 5) is 22.4. The van der Waals surface area contributed by atoms with Crippen LogP contribution in [0.2, 0.25) is 0 Å². The molecule has 0 bridgehead atoms. The van der Waals surface area contributed by atoms with Crippen LogP contribution in [0.4, 0.5) is 0 Å². The van der Waals surface area contributed by atoms with Crippen molar-refractivity contribution in [2.75, 3.05) is 6.61 Å². The van der Waals surface area contributed by atoms with E-state index in [4.69, 9.17) is 15.9 Å². The van der Waals surface area contributed by atoms with E-state index in [0.717, 1.165) is 19.3 Å². The number of aliphatic carboxylic acids is 1. The second-order valence-corrected chi connectivity index (χ2v) is 4.73. The van der Waals surface area contributed by atoms with E-state index in [0.29, 0.717) is 6.42 Å². The van der Waals surface area contributed by atoms with E-state index < -0.39 is 23.9 Å². The molecule has 0 heterocycles. The molecule has 0 radical (unpaired) electrons. The van der Waals surface area contributed by atoms with Crippen LogP contribution < -0.4 is 5.73 Å². The van der Waals surface area contributed by atoms with Crippen molar-refractivity contribution in [1.82, 2.24) is 0 Å². The molecule has 0 amide bonds. The molecule has 0 fully saturated rings. The van der Waals surface area contributed by atoms with Gasteiger partial charge in [-0.05, 0) is 6.42 Å². The lowest BCUT2D eigenvalue weighted by molar-refractivity contribution is -0.150. The van der Waals surface area contributed by atoms with Gasteiger partial charge in [-0.2, -0.15) is 0 Å². The molecule has 0 saturated carbocycles. The van der Waals surface area contributed by atoms with Gasteiger partial charge in [-0.25, -0.2) is 4.79 Å². The highest BCUT2D eigenvalue weighted by molar-refractivity contribution is 6.07. The largest absolute Gasteiger partial charge is 0.479 e. The van der Waals surface area contributed by atoms with Crippen LogP contribution in [0.25, 0.3) is 0 Å². The highest BCUT2D eigenvalue weighted by atomic mass is 16.4. The number of carbonyl (C=O) groups is 2. The SMILES string of the molecule is CCCCCCCCCC(=O)[C@@](N)(CO)C(=O)O. The van der Waals surface area contributed by atoms with Crippen LogP contribution in [0.1, 0.15) is 58.3 Å². The molecule has 0 aromatic heterocycles. The van der Waals surface area contributed by atoms with Crippen molar-refractivity contribution < 1.29 is 19.8 Å². The van der Waals surface area contributed by atoms with Crippen LogP contribution >= 0.6 is 0 Å². The van der Waals surface area contributed by atoms with Crippen LogP contribution in [0, 0.1) is 0 Å². The van der Waals surface area contributed by atoms with E-state index >= 15 is 0 Å². The van der Waals surface area contributed by atoms with E-state index in [1.165, 1.54) is 19.3 Å². The maximum absolute atomic E-state index is 11.6. The molecule has 106 valence electrons. The molecule has 0 spiro atoms. The van der Waals surface area contributed by atoms with Crippen molar-refractivity contribution in [3.8, 4) is 0 Å². The topological polar surface area (TPSA) is 101 Å². The summed E-state index contributed by atoms with van der Waals surface area (Å²) in [5.41, 5.74) is 3.24. The van der Waals surface area contributed by atoms with Crippen molar-refractivity contribution in [2.45, 2.75) is 63.8 Å². The number of rotatable bonds is 11. The summed E-state index contributed by atoms with van der Waals surface area (Å²) in [6.45, 7) is 1.30. The molecule has 5 heteroatoms. The van der Waals surface area contributed by atoms with Crippen LogP contribution in [0.5, 0.6) is 0 Å². The van der Waals surface area contributed by atoms with Gasteiger partial charge in [0.25, 0.3) is 0 Å². The Morgan fingerprint density at radius 1 is 1.06 bits per heavy atom. The highest BCUT2D eigenvalue weighted by Crippen LogP contribution is 2.12. The molecule has 0 aromatic rings. The van der Waals surface area contributed by atoms with Crippen LogP contribution in [0.3, 0.4) is 0 Å². The van der Waals surface area contributed by atoms with Gasteiger partial charge < -0.3 is 15.9 Å². The summed E-state index contributed by atoms with van der Waals surface area (Å²) in [5.74, 6) is -2.05. The first-order valence-electron chi connectivity index (χ1n) is 6.65. The number of unbranched alkanes of at least 4 members (excludes halogenated alkanes) is 6. The van der Waals surface area contributed by atoms with E-state index in [1.807, 2.05) is 0 Å². The number of hydrogen-bond donors (Lipinski definition) is 3. The Hall–Kier alpha value is -0.940. The van der Waals surface area contributed by atoms with Crippen molar-refractivity contribution in [2.24, 2.45) is 5.73 Å². The minimum absolute atomic E-state index is 0.122. The third-order valence-corrected chi connectivity index (χ3v) is 3.14. The van der Waals surface area contributed by atoms with Gasteiger partial charge in [-0.3, -0.25) is 4.79 Å². The summed E-state index contributed by atoms with van der Waals surface area (Å²) in [5, 5.41) is 17.7. The van der Waals surface area contributed by atoms with Gasteiger partial charge in [0.05, 0.1) is 6.61 Å². The van der Waals surface area contributed by atoms with Gasteiger partial charge in [-0.1, -0.05) is 45.4 Å². The molecule has 0 aliphatic heterocycles. The van der Waals surface area contributed by atoms with Gasteiger partial charge in [0.1, 0.15) is 0 Å². The Morgan fingerprint density at radius 2 is 1.56 bits per heavy atom. The quantitative estimate of drug-likeness (QED) is 0.385. The van der Waals surface area contributed by atoms with Crippen LogP contribution in [0.15, 0.2) is 0 Å². The minimum Gasteiger partial charge on any atom is -0.479 e. The predicted molar refractivity (Wildman–Crippen MR) is 69.3 cm³/mol. The zero-order chi connectivity index (χ0) is 14.0. The maximum atomic E-state index is 11.6. The number of aliphatic hydroxyl groups excluding tert-OH is 1. The molecule has 4 N–H and O–H groups in total. The van der Waals surface area contributed by atoms with Crippen molar-refractivity contribution in [1.29, 1.82) is 0 Å². The zero-order valence-electron chi connectivity index (χ0n) is 11.2. The summed E-state index contributed by atoms with van der Waals surface area (Å²) < 4.78 is 0. The Labute approximate surface area is 108 Å². The Bertz CT molecular complexity index is 268. The average molecular weight is 259 g/mol. The summed E-state index contributed by atoms with van der Waals surface area (Å²) in [6.07, 6.45) is 7.49. The number of hydrogen-bond acceptors (Lipinski definition) is 4. The fraction of sp³-hybridized carbons (Fsp3) is 0.846. The Kier molecular flexibility index (Phi) is 8.58. The lowest BCUT2D eigenvalue weighted by Crippen LogP contribution is -2.57. The molecule has 0 aliphatic carbocycles. The van der Waals surface area contributed by atoms with Gasteiger partial charge in [-0.15, -0.1) is 0 Å². The maximum Gasteiger partial charge on any atom is 0.333 e. The summed E-state index contributed by atoms with van der Waals surface area (Å²) in [6, 6.07) is 0. The fourth-order valence-corrected chi connectivity index (χ4v) is 1.74. The van der Waals surface area contributed by atoms with Crippen molar-refractivity contribution >= 4 is 11.8 Å². The van der Waals surface area contributed by atoms with E-state index in [9.17, 15) is 9.59 Å². The van der Waals surface area contributed by atoms with Crippen molar-refractivity contribution in [3.63, 3.8) is 0 Å². The molecule has 0 unspecified atom stereocenters. The van der Waals surface area contributed by atoms with E-state index in [2.05, 4.69) is 6.92 Å². The molecule has 5 nitrogen and oxygen atoms in total. The van der Waals surface area contributed by atoms with Gasteiger partial charge in [0.2, 0.25) is 0 Å². The number of nitrogens with two attached hydrogens (primary N) is 1. The second kappa shape index (κ2) is 9.05. The van der Waals surface area contributed by atoms with Crippen molar-refractivity contribution in [3.05, 3.63) is 0 Å². The number of ketones is 1. The number of carboxylic acid groups (broad SMARTS) is 1. The fourth-order valence-electron chi connectivity index (χ4n) is 1.74. The lowest BCUT2D eigenvalue weighted by Gasteiger charge is -2.20. The molecule has 18 heavy (non-hydrogen) atoms. The summed E-state index contributed by atoms with van der Waals surface area (Å²) >= 11 is 0. The van der Waals surface area contributed by atoms with Crippen LogP contribution in [-0.4, -0.2) is 34.1 Å². The van der Waals surface area contributed by atoms with Gasteiger partial charge in [0, 0.05) is 6.42 Å². The molecular weight excluding hydrogens is 234 g/mol. The monoisotopic (exact) mass is 259 g/mol. The molecule has 0 saturated heterocycles. The number of Topliss-reactive ketones (excluding diaryl/α,β-unsaturated/α-hetero) is 1. The average Bonchev–Trinajstić information content (AvgIpc) is 2.36. The molecule has 0 aliphatic rings. The Morgan fingerprint density at radius 3 is 2.00 bits per heavy atom. The lowest BCUT2D eigenvalue weighted by atomic mass is 9.92. The first-order chi connectivity index (χ1) is 8.49. The van der Waals surface area contributed by atoms with E-state index in [-0.39, 0.29) is 6.42 Å². The van der Waals surface area contributed by atoms with Gasteiger partial charge in [0.15, 0.2) is 11.3 Å².